The third-order valence-electron chi connectivity index (χ3n) is 4.16. The Kier molecular flexibility index (Phi) is 6.23. The number of nitrogens with zero attached hydrogens (tertiary/aromatic N) is 1. The fourth-order valence-corrected chi connectivity index (χ4v) is 2.88. The van der Waals surface area contributed by atoms with E-state index in [0.717, 1.165) is 15.7 Å². The van der Waals surface area contributed by atoms with Crippen molar-refractivity contribution in [3.63, 3.8) is 0 Å². The van der Waals surface area contributed by atoms with Crippen LogP contribution in [0.3, 0.4) is 0 Å². The Bertz CT molecular complexity index is 1020. The first-order valence-corrected chi connectivity index (χ1v) is 9.35. The van der Waals surface area contributed by atoms with Gasteiger partial charge in [-0.2, -0.15) is 0 Å². The number of aryl methyl sites for hydroxylation is 2. The molecule has 9 nitrogen and oxygen atoms in total. The first kappa shape index (κ1) is 20.5. The standard InChI is InChI=1S/C19H19BrN4O5/c1-10-14(11(2)29-24-10)9-28-16-5-4-12(6-17(16)27-3)18(25)22-23-19(26)15-7-13(20)8-21-15/h4-8,21H,9H2,1-3H3,(H,22,25)(H,23,26). The molecule has 2 heterocycles. The molecule has 2 amide bonds. The fourth-order valence-electron chi connectivity index (χ4n) is 2.54. The number of hydrazine groups is 1. The maximum Gasteiger partial charge on any atom is 0.286 e. The lowest BCUT2D eigenvalue weighted by molar-refractivity contribution is 0.0844. The molecule has 29 heavy (non-hydrogen) atoms. The van der Waals surface area contributed by atoms with Gasteiger partial charge in [0.05, 0.1) is 18.4 Å². The summed E-state index contributed by atoms with van der Waals surface area (Å²) in [6.45, 7) is 3.90. The molecule has 0 radical (unpaired) electrons. The number of benzene rings is 1. The molecular weight excluding hydrogens is 444 g/mol. The minimum Gasteiger partial charge on any atom is -0.493 e. The van der Waals surface area contributed by atoms with Gasteiger partial charge in [-0.25, -0.2) is 0 Å². The number of amides is 2. The molecule has 10 heteroatoms. The number of hydrogen-bond acceptors (Lipinski definition) is 6. The predicted octanol–water partition coefficient (Wildman–Crippen LogP) is 3.04. The highest BCUT2D eigenvalue weighted by atomic mass is 79.9. The fraction of sp³-hybridized carbons (Fsp3) is 0.211. The zero-order valence-electron chi connectivity index (χ0n) is 16.0. The van der Waals surface area contributed by atoms with Crippen molar-refractivity contribution in [3.05, 3.63) is 63.2 Å². The molecule has 3 N–H and O–H groups in total. The van der Waals surface area contributed by atoms with Crippen LogP contribution in [0.1, 0.15) is 37.9 Å². The molecular formula is C19H19BrN4O5. The number of ether oxygens (including phenoxy) is 2. The van der Waals surface area contributed by atoms with Gasteiger partial charge >= 0.3 is 0 Å². The third-order valence-corrected chi connectivity index (χ3v) is 4.62. The minimum absolute atomic E-state index is 0.255. The Labute approximate surface area is 174 Å². The second-order valence-corrected chi connectivity index (χ2v) is 7.01. The number of carbonyl (C=O) groups excluding carboxylic acids is 2. The van der Waals surface area contributed by atoms with Gasteiger partial charge in [0, 0.05) is 16.2 Å². The number of carbonyl (C=O) groups is 2. The molecule has 2 aromatic heterocycles. The molecule has 3 aromatic rings. The molecule has 0 aliphatic heterocycles. The van der Waals surface area contributed by atoms with E-state index in [1.807, 2.05) is 13.8 Å². The minimum atomic E-state index is -0.500. The van der Waals surface area contributed by atoms with E-state index in [2.05, 4.69) is 36.9 Å². The van der Waals surface area contributed by atoms with Gasteiger partial charge < -0.3 is 19.0 Å². The Morgan fingerprint density at radius 3 is 2.55 bits per heavy atom. The normalized spacial score (nSPS) is 10.5. The van der Waals surface area contributed by atoms with Crippen LogP contribution < -0.4 is 20.3 Å². The summed E-state index contributed by atoms with van der Waals surface area (Å²) in [4.78, 5) is 27.1. The van der Waals surface area contributed by atoms with Gasteiger partial charge in [-0.15, -0.1) is 0 Å². The van der Waals surface area contributed by atoms with Gasteiger partial charge in [-0.05, 0) is 54.0 Å². The quantitative estimate of drug-likeness (QED) is 0.484. The highest BCUT2D eigenvalue weighted by molar-refractivity contribution is 9.10. The van der Waals surface area contributed by atoms with E-state index in [9.17, 15) is 9.59 Å². The van der Waals surface area contributed by atoms with Crippen LogP contribution in [0.2, 0.25) is 0 Å². The Balaban J connectivity index is 1.64. The number of H-pyrrole nitrogens is 1. The molecule has 0 unspecified atom stereocenters. The summed E-state index contributed by atoms with van der Waals surface area (Å²) >= 11 is 3.24. The van der Waals surface area contributed by atoms with Gasteiger partial charge in [-0.1, -0.05) is 5.16 Å². The van der Waals surface area contributed by atoms with Gasteiger partial charge in [0.15, 0.2) is 11.5 Å². The maximum atomic E-state index is 12.3. The second-order valence-electron chi connectivity index (χ2n) is 6.10. The molecule has 0 spiro atoms. The SMILES string of the molecule is COc1cc(C(=O)NNC(=O)c2cc(Br)c[nH]2)ccc1OCc1c(C)noc1C. The number of nitrogens with one attached hydrogen (secondary N) is 3. The Morgan fingerprint density at radius 1 is 1.17 bits per heavy atom. The first-order chi connectivity index (χ1) is 13.9. The first-order valence-electron chi connectivity index (χ1n) is 8.56. The number of rotatable bonds is 6. The highest BCUT2D eigenvalue weighted by Crippen LogP contribution is 2.29. The van der Waals surface area contributed by atoms with E-state index >= 15 is 0 Å². The number of hydrogen-bond donors (Lipinski definition) is 3. The Morgan fingerprint density at radius 2 is 1.93 bits per heavy atom. The van der Waals surface area contributed by atoms with E-state index in [1.165, 1.54) is 13.2 Å². The summed E-state index contributed by atoms with van der Waals surface area (Å²) in [6.07, 6.45) is 1.61. The molecule has 3 rings (SSSR count). The van der Waals surface area contributed by atoms with E-state index < -0.39 is 11.8 Å². The van der Waals surface area contributed by atoms with E-state index in [4.69, 9.17) is 14.0 Å². The van der Waals surface area contributed by atoms with E-state index in [-0.39, 0.29) is 6.61 Å². The maximum absolute atomic E-state index is 12.3. The van der Waals surface area contributed by atoms with Gasteiger partial charge in [-0.3, -0.25) is 20.4 Å². The van der Waals surface area contributed by atoms with Crippen LogP contribution in [0.5, 0.6) is 11.5 Å². The van der Waals surface area contributed by atoms with Gasteiger partial charge in [0.1, 0.15) is 18.1 Å². The number of methoxy groups -OCH3 is 1. The van der Waals surface area contributed by atoms with Crippen molar-refractivity contribution in [2.75, 3.05) is 7.11 Å². The van der Waals surface area contributed by atoms with Crippen LogP contribution >= 0.6 is 15.9 Å². The number of halogens is 1. The molecule has 0 saturated carbocycles. The average molecular weight is 463 g/mol. The third kappa shape index (κ3) is 4.77. The smallest absolute Gasteiger partial charge is 0.286 e. The largest absolute Gasteiger partial charge is 0.493 e. The molecule has 0 saturated heterocycles. The van der Waals surface area contributed by atoms with Crippen LogP contribution in [0.15, 0.2) is 39.5 Å². The second kappa shape index (κ2) is 8.82. The van der Waals surface area contributed by atoms with Crippen LogP contribution in [0.25, 0.3) is 0 Å². The van der Waals surface area contributed by atoms with Crippen LogP contribution in [-0.2, 0) is 6.61 Å². The van der Waals surface area contributed by atoms with Crippen LogP contribution in [-0.4, -0.2) is 29.1 Å². The van der Waals surface area contributed by atoms with Crippen molar-refractivity contribution >= 4 is 27.7 Å². The summed E-state index contributed by atoms with van der Waals surface area (Å²) in [5.41, 5.74) is 6.90. The molecule has 0 aliphatic carbocycles. The topological polar surface area (TPSA) is 118 Å². The van der Waals surface area contributed by atoms with Crippen molar-refractivity contribution in [1.82, 2.24) is 21.0 Å². The van der Waals surface area contributed by atoms with Crippen molar-refractivity contribution in [1.29, 1.82) is 0 Å². The lowest BCUT2D eigenvalue weighted by atomic mass is 10.2. The summed E-state index contributed by atoms with van der Waals surface area (Å²) in [6, 6.07) is 6.30. The van der Waals surface area contributed by atoms with E-state index in [0.29, 0.717) is 28.5 Å². The van der Waals surface area contributed by atoms with Crippen LogP contribution in [0.4, 0.5) is 0 Å². The molecule has 0 bridgehead atoms. The number of aromatic nitrogens is 2. The molecule has 0 atom stereocenters. The van der Waals surface area contributed by atoms with Crippen molar-refractivity contribution in [2.24, 2.45) is 0 Å². The van der Waals surface area contributed by atoms with Crippen molar-refractivity contribution in [3.8, 4) is 11.5 Å². The molecule has 0 aliphatic rings. The highest BCUT2D eigenvalue weighted by Gasteiger charge is 2.15. The zero-order chi connectivity index (χ0) is 21.0. The van der Waals surface area contributed by atoms with Gasteiger partial charge in [0.25, 0.3) is 11.8 Å². The summed E-state index contributed by atoms with van der Waals surface area (Å²) in [7, 11) is 1.48. The summed E-state index contributed by atoms with van der Waals surface area (Å²) in [5.74, 6) is 0.547. The van der Waals surface area contributed by atoms with Crippen molar-refractivity contribution in [2.45, 2.75) is 20.5 Å². The molecule has 152 valence electrons. The Hall–Kier alpha value is -3.27. The van der Waals surface area contributed by atoms with Crippen molar-refractivity contribution < 1.29 is 23.6 Å². The lowest BCUT2D eigenvalue weighted by Gasteiger charge is -2.12. The monoisotopic (exact) mass is 462 g/mol. The molecule has 0 fully saturated rings. The average Bonchev–Trinajstić information content (AvgIpc) is 3.29. The lowest BCUT2D eigenvalue weighted by Crippen LogP contribution is -2.41. The van der Waals surface area contributed by atoms with Crippen LogP contribution in [0, 0.1) is 13.8 Å². The molecule has 1 aromatic carbocycles. The summed E-state index contributed by atoms with van der Waals surface area (Å²) in [5, 5.41) is 3.89. The van der Waals surface area contributed by atoms with E-state index in [1.54, 1.807) is 24.4 Å². The zero-order valence-corrected chi connectivity index (χ0v) is 17.5. The summed E-state index contributed by atoms with van der Waals surface area (Å²) < 4.78 is 17.0. The number of aromatic amines is 1. The van der Waals surface area contributed by atoms with Gasteiger partial charge in [0.2, 0.25) is 0 Å². The predicted molar refractivity (Wildman–Crippen MR) is 107 cm³/mol.